The molecule has 0 amide bonds. The topological polar surface area (TPSA) is 63.8 Å². The van der Waals surface area contributed by atoms with Crippen LogP contribution in [0.4, 0.5) is 0 Å². The van der Waals surface area contributed by atoms with Gasteiger partial charge in [0.05, 0.1) is 21.3 Å². The molecule has 30 heavy (non-hydrogen) atoms. The molecule has 0 spiro atoms. The quantitative estimate of drug-likeness (QED) is 0.212. The second-order valence-electron chi connectivity index (χ2n) is 6.53. The summed E-state index contributed by atoms with van der Waals surface area (Å²) in [6.45, 7) is 4.33. The summed E-state index contributed by atoms with van der Waals surface area (Å²) in [7, 11) is 4.82. The van der Waals surface area contributed by atoms with Crippen LogP contribution in [0.15, 0.2) is 60.1 Å². The van der Waals surface area contributed by atoms with Gasteiger partial charge in [-0.05, 0) is 60.7 Å². The summed E-state index contributed by atoms with van der Waals surface area (Å²) in [6, 6.07) is 15.5. The molecule has 0 unspecified atom stereocenters. The Bertz CT molecular complexity index is 955. The Morgan fingerprint density at radius 2 is 1.83 bits per heavy atom. The van der Waals surface area contributed by atoms with Crippen LogP contribution in [0, 0.1) is 11.3 Å². The standard InChI is InChI=1S/C25H28N2O3/c1-5-6-7-8-14-27-23(18-26)22(20-10-9-11-21(17-20)28-2)15-19-12-13-24(29-3)25(16-19)30-4/h5,9-13,15-17H,1,6-8,14H2,2-4H3/b22-15+,27-23?. The monoisotopic (exact) mass is 404 g/mol. The van der Waals surface area contributed by atoms with E-state index in [2.05, 4.69) is 17.6 Å². The lowest BCUT2D eigenvalue weighted by Gasteiger charge is -2.11. The maximum Gasteiger partial charge on any atom is 0.161 e. The number of aliphatic imine (C=N–C) groups is 1. The average molecular weight is 405 g/mol. The first-order chi connectivity index (χ1) is 14.7. The van der Waals surface area contributed by atoms with Crippen LogP contribution in [0.3, 0.4) is 0 Å². The minimum absolute atomic E-state index is 0.386. The van der Waals surface area contributed by atoms with Gasteiger partial charge in [0.1, 0.15) is 17.5 Å². The molecule has 0 radical (unpaired) electrons. The largest absolute Gasteiger partial charge is 0.497 e. The smallest absolute Gasteiger partial charge is 0.161 e. The van der Waals surface area contributed by atoms with Gasteiger partial charge in [-0.1, -0.05) is 24.3 Å². The van der Waals surface area contributed by atoms with Gasteiger partial charge < -0.3 is 14.2 Å². The molecule has 0 saturated heterocycles. The van der Waals surface area contributed by atoms with E-state index in [4.69, 9.17) is 14.2 Å². The Morgan fingerprint density at radius 1 is 1.03 bits per heavy atom. The maximum atomic E-state index is 9.83. The van der Waals surface area contributed by atoms with Gasteiger partial charge in [0.2, 0.25) is 0 Å². The molecule has 156 valence electrons. The second-order valence-corrected chi connectivity index (χ2v) is 6.53. The fourth-order valence-corrected chi connectivity index (χ4v) is 2.96. The normalized spacial score (nSPS) is 11.5. The second kappa shape index (κ2) is 12.1. The molecule has 0 aromatic heterocycles. The highest BCUT2D eigenvalue weighted by Crippen LogP contribution is 2.30. The van der Waals surface area contributed by atoms with Gasteiger partial charge in [-0.15, -0.1) is 6.58 Å². The van der Waals surface area contributed by atoms with Crippen molar-refractivity contribution in [1.82, 2.24) is 0 Å². The highest BCUT2D eigenvalue weighted by molar-refractivity contribution is 6.34. The molecule has 2 rings (SSSR count). The van der Waals surface area contributed by atoms with E-state index in [0.717, 1.165) is 36.0 Å². The molecule has 0 bridgehead atoms. The van der Waals surface area contributed by atoms with Crippen LogP contribution in [0.25, 0.3) is 11.6 Å². The van der Waals surface area contributed by atoms with Crippen molar-refractivity contribution in [3.05, 3.63) is 66.2 Å². The minimum atomic E-state index is 0.386. The Balaban J connectivity index is 2.50. The SMILES string of the molecule is C=CCCCCN=C(C#N)/C(=C/c1ccc(OC)c(OC)c1)c1cccc(OC)c1. The molecule has 0 aliphatic carbocycles. The molecule has 2 aromatic rings. The van der Waals surface area contributed by atoms with Crippen LogP contribution in [0.2, 0.25) is 0 Å². The lowest BCUT2D eigenvalue weighted by molar-refractivity contribution is 0.355. The zero-order chi connectivity index (χ0) is 21.8. The molecule has 0 fully saturated rings. The van der Waals surface area contributed by atoms with E-state index in [1.54, 1.807) is 21.3 Å². The third-order valence-corrected chi connectivity index (χ3v) is 4.55. The van der Waals surface area contributed by atoms with Gasteiger partial charge in [-0.25, -0.2) is 0 Å². The summed E-state index contributed by atoms with van der Waals surface area (Å²) in [5.74, 6) is 1.99. The van der Waals surface area contributed by atoms with Crippen LogP contribution >= 0.6 is 0 Å². The highest BCUT2D eigenvalue weighted by atomic mass is 16.5. The molecule has 2 aromatic carbocycles. The predicted octanol–water partition coefficient (Wildman–Crippen LogP) is 5.57. The Morgan fingerprint density at radius 3 is 2.50 bits per heavy atom. The molecule has 5 nitrogen and oxygen atoms in total. The number of hydrogen-bond acceptors (Lipinski definition) is 5. The van der Waals surface area contributed by atoms with Gasteiger partial charge >= 0.3 is 0 Å². The Labute approximate surface area is 178 Å². The number of allylic oxidation sites excluding steroid dienone is 2. The number of rotatable bonds is 11. The third kappa shape index (κ3) is 6.25. The van der Waals surface area contributed by atoms with Crippen molar-refractivity contribution in [3.8, 4) is 23.3 Å². The zero-order valence-electron chi connectivity index (χ0n) is 17.9. The fraction of sp³-hybridized carbons (Fsp3) is 0.280. The number of methoxy groups -OCH3 is 3. The van der Waals surface area contributed by atoms with Gasteiger partial charge in [0, 0.05) is 12.1 Å². The Hall–Kier alpha value is -3.52. The van der Waals surface area contributed by atoms with Crippen molar-refractivity contribution in [2.45, 2.75) is 19.3 Å². The van der Waals surface area contributed by atoms with E-state index in [-0.39, 0.29) is 0 Å². The average Bonchev–Trinajstić information content (AvgIpc) is 2.80. The van der Waals surface area contributed by atoms with Crippen LogP contribution in [-0.4, -0.2) is 33.6 Å². The molecule has 0 heterocycles. The molecule has 0 atom stereocenters. The number of unbranched alkanes of at least 4 members (excludes halogenated alkanes) is 2. The summed E-state index contributed by atoms with van der Waals surface area (Å²) < 4.78 is 16.1. The van der Waals surface area contributed by atoms with Gasteiger partial charge in [-0.3, -0.25) is 4.99 Å². The van der Waals surface area contributed by atoms with E-state index in [1.807, 2.05) is 54.6 Å². The van der Waals surface area contributed by atoms with E-state index in [0.29, 0.717) is 29.5 Å². The fourth-order valence-electron chi connectivity index (χ4n) is 2.96. The first-order valence-corrected chi connectivity index (χ1v) is 9.80. The van der Waals surface area contributed by atoms with Crippen molar-refractivity contribution in [2.24, 2.45) is 4.99 Å². The minimum Gasteiger partial charge on any atom is -0.497 e. The van der Waals surface area contributed by atoms with Crippen LogP contribution in [0.1, 0.15) is 30.4 Å². The van der Waals surface area contributed by atoms with Gasteiger partial charge in [0.15, 0.2) is 11.5 Å². The molecular weight excluding hydrogens is 376 g/mol. The summed E-state index contributed by atoms with van der Waals surface area (Å²) in [6.07, 6.45) is 6.68. The summed E-state index contributed by atoms with van der Waals surface area (Å²) in [5, 5.41) is 9.83. The first-order valence-electron chi connectivity index (χ1n) is 9.80. The molecule has 5 heteroatoms. The highest BCUT2D eigenvalue weighted by Gasteiger charge is 2.12. The van der Waals surface area contributed by atoms with Crippen molar-refractivity contribution in [3.63, 3.8) is 0 Å². The van der Waals surface area contributed by atoms with E-state index in [9.17, 15) is 5.26 Å². The van der Waals surface area contributed by atoms with Crippen LogP contribution in [-0.2, 0) is 0 Å². The van der Waals surface area contributed by atoms with E-state index >= 15 is 0 Å². The van der Waals surface area contributed by atoms with E-state index < -0.39 is 0 Å². The van der Waals surface area contributed by atoms with Gasteiger partial charge in [-0.2, -0.15) is 5.26 Å². The van der Waals surface area contributed by atoms with Crippen LogP contribution in [0.5, 0.6) is 17.2 Å². The molecule has 0 saturated carbocycles. The predicted molar refractivity (Wildman–Crippen MR) is 122 cm³/mol. The van der Waals surface area contributed by atoms with Crippen molar-refractivity contribution in [2.75, 3.05) is 27.9 Å². The van der Waals surface area contributed by atoms with Crippen molar-refractivity contribution >= 4 is 17.4 Å². The number of hydrogen-bond donors (Lipinski definition) is 0. The summed E-state index contributed by atoms with van der Waals surface area (Å²) in [5.41, 5.74) is 2.85. The maximum absolute atomic E-state index is 9.83. The molecule has 0 N–H and O–H groups in total. The molecule has 0 aliphatic rings. The van der Waals surface area contributed by atoms with Crippen LogP contribution < -0.4 is 14.2 Å². The first kappa shape index (κ1) is 22.8. The zero-order valence-corrected chi connectivity index (χ0v) is 17.9. The Kier molecular flexibility index (Phi) is 9.20. The molecular formula is C25H28N2O3. The van der Waals surface area contributed by atoms with Crippen molar-refractivity contribution < 1.29 is 14.2 Å². The summed E-state index contributed by atoms with van der Waals surface area (Å²) in [4.78, 5) is 4.57. The van der Waals surface area contributed by atoms with Crippen molar-refractivity contribution in [1.29, 1.82) is 5.26 Å². The van der Waals surface area contributed by atoms with E-state index in [1.165, 1.54) is 0 Å². The lowest BCUT2D eigenvalue weighted by atomic mass is 9.98. The lowest BCUT2D eigenvalue weighted by Crippen LogP contribution is -2.02. The molecule has 0 aliphatic heterocycles. The number of benzene rings is 2. The summed E-state index contributed by atoms with van der Waals surface area (Å²) >= 11 is 0. The number of ether oxygens (including phenoxy) is 3. The third-order valence-electron chi connectivity index (χ3n) is 4.55. The number of nitrogens with zero attached hydrogens (tertiary/aromatic N) is 2. The number of nitriles is 1. The van der Waals surface area contributed by atoms with Gasteiger partial charge in [0.25, 0.3) is 0 Å².